The second-order valence-electron chi connectivity index (χ2n) is 5.71. The molecule has 1 fully saturated rings. The first-order chi connectivity index (χ1) is 12.3. The number of terminal acetylenes is 1. The molecule has 0 radical (unpaired) electrons. The van der Waals surface area contributed by atoms with Gasteiger partial charge in [-0.1, -0.05) is 5.92 Å². The van der Waals surface area contributed by atoms with Crippen molar-refractivity contribution in [2.24, 2.45) is 0 Å². The molecule has 0 saturated carbocycles. The van der Waals surface area contributed by atoms with Gasteiger partial charge in [0.25, 0.3) is 5.91 Å². The van der Waals surface area contributed by atoms with Gasteiger partial charge in [-0.2, -0.15) is 0 Å². The highest BCUT2D eigenvalue weighted by molar-refractivity contribution is 7.80. The predicted octanol–water partition coefficient (Wildman–Crippen LogP) is 1.32. The molecule has 2 heterocycles. The van der Waals surface area contributed by atoms with Gasteiger partial charge in [-0.05, 0) is 6.07 Å². The van der Waals surface area contributed by atoms with E-state index in [1.54, 1.807) is 0 Å². The lowest BCUT2D eigenvalue weighted by atomic mass is 10.1. The van der Waals surface area contributed by atoms with E-state index >= 15 is 0 Å². The second kappa shape index (κ2) is 6.42. The maximum absolute atomic E-state index is 14.6. The Kier molecular flexibility index (Phi) is 4.41. The average Bonchev–Trinajstić information content (AvgIpc) is 2.62. The van der Waals surface area contributed by atoms with E-state index in [2.05, 4.69) is 18.5 Å². The van der Waals surface area contributed by atoms with Crippen molar-refractivity contribution in [3.63, 3.8) is 0 Å². The highest BCUT2D eigenvalue weighted by Crippen LogP contribution is 2.39. The van der Waals surface area contributed by atoms with Gasteiger partial charge in [0.2, 0.25) is 0 Å². The molecule has 3 rings (SSSR count). The molecule has 1 aromatic carbocycles. The molecule has 0 aromatic heterocycles. The van der Waals surface area contributed by atoms with Crippen molar-refractivity contribution < 1.29 is 23.5 Å². The molecule has 0 spiro atoms. The SMILES string of the molecule is C#CCN1C(=O)COc2cc(F)c(N3C(=O)N(C)C(S)N(C)C3=O)cc21. The number of rotatable bonds is 2. The number of hydrogen-bond donors (Lipinski definition) is 1. The van der Waals surface area contributed by atoms with Crippen molar-refractivity contribution in [3.05, 3.63) is 17.9 Å². The summed E-state index contributed by atoms with van der Waals surface area (Å²) in [5, 5.41) is 0. The summed E-state index contributed by atoms with van der Waals surface area (Å²) >= 11 is 4.18. The molecule has 136 valence electrons. The van der Waals surface area contributed by atoms with Crippen LogP contribution in [0, 0.1) is 18.2 Å². The fraction of sp³-hybridized carbons (Fsp3) is 0.312. The van der Waals surface area contributed by atoms with Gasteiger partial charge in [0.05, 0.1) is 17.9 Å². The first-order valence-electron chi connectivity index (χ1n) is 7.50. The summed E-state index contributed by atoms with van der Waals surface area (Å²) in [6.45, 7) is -0.331. The van der Waals surface area contributed by atoms with Crippen molar-refractivity contribution in [3.8, 4) is 18.1 Å². The molecule has 0 N–H and O–H groups in total. The van der Waals surface area contributed by atoms with Gasteiger partial charge in [0.15, 0.2) is 17.9 Å². The number of urea groups is 2. The normalized spacial score (nSPS) is 18.0. The number of imide groups is 1. The highest BCUT2D eigenvalue weighted by atomic mass is 32.1. The van der Waals surface area contributed by atoms with Crippen molar-refractivity contribution in [2.75, 3.05) is 37.0 Å². The number of carbonyl (C=O) groups excluding carboxylic acids is 3. The minimum atomic E-state index is -0.847. The number of anilines is 2. The summed E-state index contributed by atoms with van der Waals surface area (Å²) in [7, 11) is 2.87. The number of benzene rings is 1. The summed E-state index contributed by atoms with van der Waals surface area (Å²) in [6.07, 6.45) is 5.29. The van der Waals surface area contributed by atoms with Gasteiger partial charge in [-0.3, -0.25) is 19.5 Å². The standard InChI is InChI=1S/C16H15FN4O4S/c1-4-5-20-11-7-10(9(17)6-12(11)25-8-13(20)22)21-14(23)18(2)16(26)19(3)15(21)24/h1,6-7,16,26H,5,8H2,2-3H3. The van der Waals surface area contributed by atoms with Crippen LogP contribution in [0.5, 0.6) is 5.75 Å². The van der Waals surface area contributed by atoms with E-state index < -0.39 is 29.3 Å². The van der Waals surface area contributed by atoms with E-state index in [0.29, 0.717) is 4.90 Å². The second-order valence-corrected chi connectivity index (χ2v) is 6.17. The van der Waals surface area contributed by atoms with Gasteiger partial charge in [0.1, 0.15) is 5.75 Å². The van der Waals surface area contributed by atoms with Crippen LogP contribution in [0.25, 0.3) is 0 Å². The van der Waals surface area contributed by atoms with E-state index in [1.807, 2.05) is 0 Å². The molecular formula is C16H15FN4O4S. The van der Waals surface area contributed by atoms with Crippen LogP contribution >= 0.6 is 12.6 Å². The van der Waals surface area contributed by atoms with Gasteiger partial charge in [-0.15, -0.1) is 19.1 Å². The summed E-state index contributed by atoms with van der Waals surface area (Å²) in [4.78, 5) is 41.3. The van der Waals surface area contributed by atoms with Crippen LogP contribution < -0.4 is 14.5 Å². The molecule has 0 aliphatic carbocycles. The maximum Gasteiger partial charge on any atom is 0.334 e. The number of amides is 5. The van der Waals surface area contributed by atoms with Crippen molar-refractivity contribution in [2.45, 2.75) is 5.50 Å². The number of thiol groups is 1. The van der Waals surface area contributed by atoms with Crippen LogP contribution in [0.3, 0.4) is 0 Å². The zero-order valence-electron chi connectivity index (χ0n) is 14.0. The van der Waals surface area contributed by atoms with Gasteiger partial charge >= 0.3 is 12.1 Å². The van der Waals surface area contributed by atoms with E-state index in [4.69, 9.17) is 11.2 Å². The molecule has 0 bridgehead atoms. The van der Waals surface area contributed by atoms with Crippen molar-refractivity contribution in [1.29, 1.82) is 0 Å². The highest BCUT2D eigenvalue weighted by Gasteiger charge is 2.41. The van der Waals surface area contributed by atoms with Gasteiger partial charge < -0.3 is 4.74 Å². The monoisotopic (exact) mass is 378 g/mol. The number of ether oxygens (including phenoxy) is 1. The van der Waals surface area contributed by atoms with E-state index in [9.17, 15) is 18.8 Å². The predicted molar refractivity (Wildman–Crippen MR) is 94.7 cm³/mol. The van der Waals surface area contributed by atoms with Crippen LogP contribution in [0.2, 0.25) is 0 Å². The first kappa shape index (κ1) is 17.9. The summed E-state index contributed by atoms with van der Waals surface area (Å²) in [6, 6.07) is 0.723. The van der Waals surface area contributed by atoms with Crippen LogP contribution in [0.15, 0.2) is 12.1 Å². The van der Waals surface area contributed by atoms with E-state index in [-0.39, 0.29) is 30.3 Å². The maximum atomic E-state index is 14.6. The lowest BCUT2D eigenvalue weighted by Gasteiger charge is -2.42. The minimum absolute atomic E-state index is 0.0549. The Bertz CT molecular complexity index is 833. The van der Waals surface area contributed by atoms with Gasteiger partial charge in [-0.25, -0.2) is 18.9 Å². The van der Waals surface area contributed by atoms with E-state index in [0.717, 1.165) is 6.07 Å². The first-order valence-corrected chi connectivity index (χ1v) is 8.01. The summed E-state index contributed by atoms with van der Waals surface area (Å²) in [5.41, 5.74) is -0.901. The van der Waals surface area contributed by atoms with Crippen LogP contribution in [-0.4, -0.2) is 60.5 Å². The smallest absolute Gasteiger partial charge is 0.334 e. The molecule has 1 saturated heterocycles. The number of nitrogens with zero attached hydrogens (tertiary/aromatic N) is 4. The molecule has 10 heteroatoms. The fourth-order valence-corrected chi connectivity index (χ4v) is 2.91. The number of halogens is 1. The topological polar surface area (TPSA) is 73.4 Å². The molecular weight excluding hydrogens is 363 g/mol. The molecule has 26 heavy (non-hydrogen) atoms. The van der Waals surface area contributed by atoms with Crippen molar-refractivity contribution in [1.82, 2.24) is 9.80 Å². The third-order valence-corrected chi connectivity index (χ3v) is 4.83. The number of carbonyl (C=O) groups is 3. The molecule has 1 aromatic rings. The third kappa shape index (κ3) is 2.61. The molecule has 0 unspecified atom stereocenters. The molecule has 8 nitrogen and oxygen atoms in total. The largest absolute Gasteiger partial charge is 0.481 e. The Balaban J connectivity index is 2.12. The Morgan fingerprint density at radius 2 is 1.85 bits per heavy atom. The van der Waals surface area contributed by atoms with Crippen LogP contribution in [0.1, 0.15) is 0 Å². The number of hydrogen-bond acceptors (Lipinski definition) is 5. The third-order valence-electron chi connectivity index (χ3n) is 4.14. The van der Waals surface area contributed by atoms with E-state index in [1.165, 1.54) is 34.9 Å². The quantitative estimate of drug-likeness (QED) is 0.622. The summed E-state index contributed by atoms with van der Waals surface area (Å²) in [5.74, 6) is 1.19. The average molecular weight is 378 g/mol. The molecule has 2 aliphatic rings. The molecule has 2 aliphatic heterocycles. The lowest BCUT2D eigenvalue weighted by Crippen LogP contribution is -2.62. The van der Waals surface area contributed by atoms with Gasteiger partial charge in [0, 0.05) is 20.2 Å². The Morgan fingerprint density at radius 3 is 2.42 bits per heavy atom. The molecule has 5 amide bonds. The number of fused-ring (bicyclic) bond motifs is 1. The van der Waals surface area contributed by atoms with Crippen molar-refractivity contribution >= 4 is 42.0 Å². The zero-order chi connectivity index (χ0) is 19.2. The Morgan fingerprint density at radius 1 is 1.23 bits per heavy atom. The summed E-state index contributed by atoms with van der Waals surface area (Å²) < 4.78 is 19.9. The minimum Gasteiger partial charge on any atom is -0.481 e. The molecule has 0 atom stereocenters. The Hall–Kier alpha value is -2.93. The Labute approximate surface area is 154 Å². The van der Waals surface area contributed by atoms with Crippen LogP contribution in [0.4, 0.5) is 25.4 Å². The fourth-order valence-electron chi connectivity index (χ4n) is 2.71. The van der Waals surface area contributed by atoms with Crippen LogP contribution in [-0.2, 0) is 4.79 Å². The zero-order valence-corrected chi connectivity index (χ0v) is 14.9. The lowest BCUT2D eigenvalue weighted by molar-refractivity contribution is -0.121.